The van der Waals surface area contributed by atoms with Gasteiger partial charge in [0.25, 0.3) is 0 Å². The van der Waals surface area contributed by atoms with Gasteiger partial charge in [-0.05, 0) is 71.7 Å². The fourth-order valence-corrected chi connectivity index (χ4v) is 3.33. The monoisotopic (exact) mass is 554 g/mol. The lowest BCUT2D eigenvalue weighted by Gasteiger charge is -2.10. The molecule has 0 aliphatic heterocycles. The number of methoxy groups -OCH3 is 1. The van der Waals surface area contributed by atoms with Crippen LogP contribution in [0.2, 0.25) is 0 Å². The first-order valence-corrected chi connectivity index (χ1v) is 12.8. The zero-order chi connectivity index (χ0) is 29.8. The highest BCUT2D eigenvalue weighted by Gasteiger charge is 2.30. The molecule has 0 saturated heterocycles. The van der Waals surface area contributed by atoms with Crippen molar-refractivity contribution in [2.75, 3.05) is 13.7 Å². The summed E-state index contributed by atoms with van der Waals surface area (Å²) in [6.07, 6.45) is -4.61. The molecule has 0 fully saturated rings. The van der Waals surface area contributed by atoms with Gasteiger partial charge < -0.3 is 14.2 Å². The van der Waals surface area contributed by atoms with Crippen LogP contribution in [0.3, 0.4) is 0 Å². The molecule has 3 aromatic carbocycles. The third kappa shape index (κ3) is 12.0. The van der Waals surface area contributed by atoms with E-state index in [1.807, 2.05) is 54.5 Å². The summed E-state index contributed by atoms with van der Waals surface area (Å²) < 4.78 is 75.7. The van der Waals surface area contributed by atoms with E-state index in [4.69, 9.17) is 9.47 Å². The molecule has 8 heteroatoms. The number of ether oxygens (including phenoxy) is 3. The summed E-state index contributed by atoms with van der Waals surface area (Å²) in [6, 6.07) is 16.2. The van der Waals surface area contributed by atoms with E-state index in [2.05, 4.69) is 4.74 Å². The Morgan fingerprint density at radius 2 is 1.28 bits per heavy atom. The number of rotatable bonds is 7. The second-order valence-electron chi connectivity index (χ2n) is 9.57. The Morgan fingerprint density at radius 1 is 0.718 bits per heavy atom. The summed E-state index contributed by atoms with van der Waals surface area (Å²) in [4.78, 5) is 0. The molecule has 0 radical (unpaired) electrons. The van der Waals surface area contributed by atoms with E-state index in [0.717, 1.165) is 11.1 Å². The normalized spacial score (nSPS) is 11.0. The quantitative estimate of drug-likeness (QED) is 0.272. The van der Waals surface area contributed by atoms with Crippen LogP contribution in [-0.2, 0) is 0 Å². The average Bonchev–Trinajstić information content (AvgIpc) is 2.85. The maximum absolute atomic E-state index is 13.4. The zero-order valence-corrected chi connectivity index (χ0v) is 23.8. The predicted molar refractivity (Wildman–Crippen MR) is 146 cm³/mol. The average molecular weight is 555 g/mol. The zero-order valence-electron chi connectivity index (χ0n) is 23.8. The van der Waals surface area contributed by atoms with Gasteiger partial charge in [-0.15, -0.1) is 13.2 Å². The van der Waals surface area contributed by atoms with E-state index in [9.17, 15) is 22.0 Å². The lowest BCUT2D eigenvalue weighted by Crippen LogP contribution is -2.17. The molecule has 0 spiro atoms. The van der Waals surface area contributed by atoms with Crippen molar-refractivity contribution in [3.63, 3.8) is 0 Å². The first kappa shape index (κ1) is 33.7. The highest BCUT2D eigenvalue weighted by atomic mass is 19.4. The van der Waals surface area contributed by atoms with Gasteiger partial charge in [-0.2, -0.15) is 0 Å². The summed E-state index contributed by atoms with van der Waals surface area (Å²) in [5.74, 6) is 0.818. The molecule has 39 heavy (non-hydrogen) atoms. The highest BCUT2D eigenvalue weighted by molar-refractivity contribution is 5.33. The van der Waals surface area contributed by atoms with Gasteiger partial charge in [0.2, 0.25) is 0 Å². The molecule has 0 aliphatic carbocycles. The first-order chi connectivity index (χ1) is 18.2. The van der Waals surface area contributed by atoms with Crippen LogP contribution < -0.4 is 14.2 Å². The Balaban J connectivity index is 0.000000293. The first-order valence-electron chi connectivity index (χ1n) is 12.8. The summed E-state index contributed by atoms with van der Waals surface area (Å²) in [6.45, 7) is 14.3. The van der Waals surface area contributed by atoms with Crippen LogP contribution in [0.5, 0.6) is 17.2 Å². The third-order valence-corrected chi connectivity index (χ3v) is 5.54. The molecule has 0 amide bonds. The van der Waals surface area contributed by atoms with Crippen LogP contribution in [0.15, 0.2) is 60.7 Å². The summed E-state index contributed by atoms with van der Waals surface area (Å²) in [5, 5.41) is 0. The van der Waals surface area contributed by atoms with E-state index in [1.165, 1.54) is 25.3 Å². The maximum Gasteiger partial charge on any atom is 0.573 e. The number of hydrogen-bond acceptors (Lipinski definition) is 3. The minimum atomic E-state index is -4.61. The van der Waals surface area contributed by atoms with Gasteiger partial charge in [-0.25, -0.2) is 8.78 Å². The van der Waals surface area contributed by atoms with Gasteiger partial charge in [-0.3, -0.25) is 0 Å². The molecule has 0 aromatic heterocycles. The molecule has 216 valence electrons. The van der Waals surface area contributed by atoms with E-state index >= 15 is 0 Å². The van der Waals surface area contributed by atoms with E-state index in [0.29, 0.717) is 35.5 Å². The summed E-state index contributed by atoms with van der Waals surface area (Å²) in [5.41, 5.74) is 2.69. The third-order valence-electron chi connectivity index (χ3n) is 5.54. The molecule has 0 bridgehead atoms. The van der Waals surface area contributed by atoms with Gasteiger partial charge in [0.1, 0.15) is 5.75 Å². The van der Waals surface area contributed by atoms with Crippen molar-refractivity contribution in [2.24, 2.45) is 0 Å². The van der Waals surface area contributed by atoms with Gasteiger partial charge in [0.15, 0.2) is 23.1 Å². The SMILES string of the molecule is CC(C)c1ccc(OC(F)(F)F)cc1.CCOc1ccc(C(C)C)cc1F.COc1cccc(C(C)C)c1F. The van der Waals surface area contributed by atoms with Crippen molar-refractivity contribution in [1.29, 1.82) is 0 Å². The summed E-state index contributed by atoms with van der Waals surface area (Å²) in [7, 11) is 1.47. The molecule has 3 rings (SSSR count). The molecular weight excluding hydrogens is 515 g/mol. The number of alkyl halides is 3. The minimum absolute atomic E-state index is 0.179. The van der Waals surface area contributed by atoms with Crippen molar-refractivity contribution < 1.29 is 36.2 Å². The standard InChI is InChI=1S/C11H15FO.C10H11F3O.C10H13FO/c1-4-13-11-6-5-9(8(2)3)7-10(11)12;1-7(2)8-3-5-9(6-4-8)14-10(11,12)13;1-7(2)8-5-4-6-9(12-3)10(8)11/h5-8H,4H2,1-3H3;3-7H,1-2H3;4-7H,1-3H3. The second-order valence-corrected chi connectivity index (χ2v) is 9.57. The van der Waals surface area contributed by atoms with Crippen molar-refractivity contribution >= 4 is 0 Å². The van der Waals surface area contributed by atoms with Crippen molar-refractivity contribution in [1.82, 2.24) is 0 Å². The van der Waals surface area contributed by atoms with Crippen LogP contribution in [0.4, 0.5) is 22.0 Å². The lowest BCUT2D eigenvalue weighted by atomic mass is 10.0. The van der Waals surface area contributed by atoms with E-state index in [-0.39, 0.29) is 23.3 Å². The molecule has 3 nitrogen and oxygen atoms in total. The molecular formula is C31H39F5O3. The predicted octanol–water partition coefficient (Wildman–Crippen LogP) is 10.0. The topological polar surface area (TPSA) is 27.7 Å². The maximum atomic E-state index is 13.4. The lowest BCUT2D eigenvalue weighted by molar-refractivity contribution is -0.274. The molecule has 0 atom stereocenters. The molecule has 0 N–H and O–H groups in total. The second kappa shape index (κ2) is 16.0. The number of halogens is 5. The van der Waals surface area contributed by atoms with E-state index in [1.54, 1.807) is 36.4 Å². The Labute approximate surface area is 228 Å². The number of benzene rings is 3. The van der Waals surface area contributed by atoms with Gasteiger partial charge in [0, 0.05) is 0 Å². The van der Waals surface area contributed by atoms with Crippen LogP contribution in [0.1, 0.15) is 82.9 Å². The minimum Gasteiger partial charge on any atom is -0.494 e. The highest BCUT2D eigenvalue weighted by Crippen LogP contribution is 2.26. The fraction of sp³-hybridized carbons (Fsp3) is 0.419. The molecule has 0 saturated carbocycles. The Hall–Kier alpha value is -3.29. The molecule has 0 aliphatic rings. The number of hydrogen-bond donors (Lipinski definition) is 0. The van der Waals surface area contributed by atoms with Crippen LogP contribution in [0, 0.1) is 11.6 Å². The Morgan fingerprint density at radius 3 is 1.72 bits per heavy atom. The Bertz CT molecular complexity index is 1120. The van der Waals surface area contributed by atoms with Crippen LogP contribution in [-0.4, -0.2) is 20.1 Å². The van der Waals surface area contributed by atoms with Crippen molar-refractivity contribution in [2.45, 2.75) is 72.6 Å². The largest absolute Gasteiger partial charge is 0.573 e. The van der Waals surface area contributed by atoms with Crippen LogP contribution in [0.25, 0.3) is 0 Å². The molecule has 3 aromatic rings. The fourth-order valence-electron chi connectivity index (χ4n) is 3.33. The summed E-state index contributed by atoms with van der Waals surface area (Å²) >= 11 is 0. The molecule has 0 unspecified atom stereocenters. The van der Waals surface area contributed by atoms with Crippen molar-refractivity contribution in [3.8, 4) is 17.2 Å². The van der Waals surface area contributed by atoms with Gasteiger partial charge in [-0.1, -0.05) is 71.9 Å². The Kier molecular flexibility index (Phi) is 13.8. The molecule has 0 heterocycles. The van der Waals surface area contributed by atoms with E-state index < -0.39 is 6.36 Å². The van der Waals surface area contributed by atoms with Gasteiger partial charge >= 0.3 is 6.36 Å². The van der Waals surface area contributed by atoms with Crippen LogP contribution >= 0.6 is 0 Å². The smallest absolute Gasteiger partial charge is 0.494 e. The van der Waals surface area contributed by atoms with Crippen molar-refractivity contribution in [3.05, 3.63) is 89.0 Å². The van der Waals surface area contributed by atoms with Gasteiger partial charge in [0.05, 0.1) is 13.7 Å².